The predicted octanol–water partition coefficient (Wildman–Crippen LogP) is -4.16. The summed E-state index contributed by atoms with van der Waals surface area (Å²) in [6.45, 7) is 4.02. The number of amides is 1. The second-order valence-corrected chi connectivity index (χ2v) is 10.9. The van der Waals surface area contributed by atoms with Crippen molar-refractivity contribution in [2.45, 2.75) is 107 Å². The molecule has 0 saturated carbocycles. The average Bonchev–Trinajstić information content (AvgIpc) is 2.91. The van der Waals surface area contributed by atoms with Gasteiger partial charge in [0.25, 0.3) is 5.91 Å². The number of carboxylic acids is 1. The first-order valence-electron chi connectivity index (χ1n) is 13.3. The van der Waals surface area contributed by atoms with E-state index in [1.807, 2.05) is 0 Å². The first-order valence-corrected chi connectivity index (χ1v) is 13.3. The number of aliphatic hydroxyl groups is 9. The molecule has 1 amide bonds. The molecule has 0 aromatic carbocycles. The molecule has 0 saturated heterocycles. The van der Waals surface area contributed by atoms with E-state index < -0.39 is 98.3 Å². The van der Waals surface area contributed by atoms with E-state index >= 15 is 0 Å². The van der Waals surface area contributed by atoms with Gasteiger partial charge in [0.15, 0.2) is 12.2 Å². The molecule has 0 heterocycles. The highest BCUT2D eigenvalue weighted by Crippen LogP contribution is 2.24. The number of rotatable bonds is 23. The van der Waals surface area contributed by atoms with Crippen molar-refractivity contribution in [3.63, 3.8) is 0 Å². The van der Waals surface area contributed by atoms with Crippen molar-refractivity contribution in [3.05, 3.63) is 0 Å². The number of aliphatic hydroxyl groups excluding tert-OH is 9. The van der Waals surface area contributed by atoms with Gasteiger partial charge in [0.1, 0.15) is 18.3 Å². The van der Waals surface area contributed by atoms with Crippen LogP contribution in [0.15, 0.2) is 0 Å². The molecule has 0 aromatic rings. The number of hydrogen-bond donors (Lipinski definition) is 11. The highest BCUT2D eigenvalue weighted by molar-refractivity contribution is 5.80. The van der Waals surface area contributed by atoms with Crippen LogP contribution in [0.25, 0.3) is 0 Å². The smallest absolute Gasteiger partial charge is 0.334 e. The number of carbonyl (C=O) groups is 2. The Balaban J connectivity index is 4.62. The SMILES string of the molecule is CCC(C)(CC(O)COC(C)(C)CC(O)COCC(O)C(=O)O)OCC(O)C(=O)NC[C@H](O)[C@@H](O)[C@H](O)[C@H](O)CO. The first-order chi connectivity index (χ1) is 18.9. The van der Waals surface area contributed by atoms with Gasteiger partial charge in [0.2, 0.25) is 0 Å². The lowest BCUT2D eigenvalue weighted by atomic mass is 9.95. The van der Waals surface area contributed by atoms with E-state index in [1.54, 1.807) is 27.7 Å². The van der Waals surface area contributed by atoms with Crippen LogP contribution in [0.3, 0.4) is 0 Å². The van der Waals surface area contributed by atoms with Gasteiger partial charge in [-0.25, -0.2) is 4.79 Å². The largest absolute Gasteiger partial charge is 0.479 e. The van der Waals surface area contributed by atoms with Crippen molar-refractivity contribution < 1.29 is 74.9 Å². The quantitative estimate of drug-likeness (QED) is 0.0529. The molecule has 0 aliphatic carbocycles. The van der Waals surface area contributed by atoms with E-state index in [1.165, 1.54) is 0 Å². The monoisotopic (exact) mass is 603 g/mol. The van der Waals surface area contributed by atoms with Crippen LogP contribution in [0.1, 0.15) is 47.0 Å². The zero-order chi connectivity index (χ0) is 32.0. The Morgan fingerprint density at radius 2 is 1.32 bits per heavy atom. The van der Waals surface area contributed by atoms with Crippen molar-refractivity contribution in [1.82, 2.24) is 5.32 Å². The van der Waals surface area contributed by atoms with Gasteiger partial charge in [0.05, 0.1) is 62.5 Å². The summed E-state index contributed by atoms with van der Waals surface area (Å²) < 4.78 is 16.4. The van der Waals surface area contributed by atoms with Gasteiger partial charge in [-0.05, 0) is 27.2 Å². The normalized spacial score (nSPS) is 19.7. The van der Waals surface area contributed by atoms with E-state index in [4.69, 9.17) is 24.4 Å². The number of carbonyl (C=O) groups excluding carboxylic acids is 1. The van der Waals surface area contributed by atoms with E-state index in [2.05, 4.69) is 5.32 Å². The van der Waals surface area contributed by atoms with Crippen LogP contribution in [0, 0.1) is 0 Å². The Morgan fingerprint density at radius 3 is 1.85 bits per heavy atom. The number of hydrogen-bond acceptors (Lipinski definition) is 14. The Labute approximate surface area is 239 Å². The second-order valence-electron chi connectivity index (χ2n) is 10.9. The minimum absolute atomic E-state index is 0.0582. The highest BCUT2D eigenvalue weighted by Gasteiger charge is 2.33. The molecule has 0 spiro atoms. The molecule has 5 unspecified atom stereocenters. The molecular weight excluding hydrogens is 554 g/mol. The molecule has 0 bridgehead atoms. The van der Waals surface area contributed by atoms with Crippen LogP contribution in [0.4, 0.5) is 0 Å². The fraction of sp³-hybridized carbons (Fsp3) is 0.920. The Bertz CT molecular complexity index is 757. The zero-order valence-electron chi connectivity index (χ0n) is 24.0. The maximum Gasteiger partial charge on any atom is 0.334 e. The number of aliphatic carboxylic acids is 1. The van der Waals surface area contributed by atoms with Gasteiger partial charge in [0, 0.05) is 19.4 Å². The molecule has 0 radical (unpaired) electrons. The van der Waals surface area contributed by atoms with E-state index in [0.717, 1.165) is 0 Å². The topological polar surface area (TPSA) is 276 Å². The Hall–Kier alpha value is -1.54. The van der Waals surface area contributed by atoms with Crippen molar-refractivity contribution >= 4 is 11.9 Å². The molecule has 16 nitrogen and oxygen atoms in total. The maximum atomic E-state index is 12.2. The minimum Gasteiger partial charge on any atom is -0.479 e. The van der Waals surface area contributed by atoms with E-state index in [0.29, 0.717) is 6.42 Å². The summed E-state index contributed by atoms with van der Waals surface area (Å²) >= 11 is 0. The number of carboxylic acid groups (broad SMARTS) is 1. The van der Waals surface area contributed by atoms with Crippen LogP contribution < -0.4 is 5.32 Å². The lowest BCUT2D eigenvalue weighted by Crippen LogP contribution is -2.51. The van der Waals surface area contributed by atoms with Crippen LogP contribution in [-0.2, 0) is 23.8 Å². The minimum atomic E-state index is -1.88. The molecule has 41 heavy (non-hydrogen) atoms. The highest BCUT2D eigenvalue weighted by atomic mass is 16.5. The summed E-state index contributed by atoms with van der Waals surface area (Å²) in [4.78, 5) is 22.7. The summed E-state index contributed by atoms with van der Waals surface area (Å²) in [6.07, 6.45) is -12.1. The Kier molecular flexibility index (Phi) is 18.2. The fourth-order valence-corrected chi connectivity index (χ4v) is 3.62. The first kappa shape index (κ1) is 39.5. The average molecular weight is 604 g/mol. The fourth-order valence-electron chi connectivity index (χ4n) is 3.62. The third-order valence-electron chi connectivity index (χ3n) is 6.38. The predicted molar refractivity (Wildman–Crippen MR) is 141 cm³/mol. The van der Waals surface area contributed by atoms with Crippen molar-refractivity contribution in [2.24, 2.45) is 0 Å². The third-order valence-corrected chi connectivity index (χ3v) is 6.38. The summed E-state index contributed by atoms with van der Waals surface area (Å²) in [5.74, 6) is -2.39. The summed E-state index contributed by atoms with van der Waals surface area (Å²) in [6, 6.07) is 0. The molecule has 16 heteroatoms. The van der Waals surface area contributed by atoms with Gasteiger partial charge in [-0.15, -0.1) is 0 Å². The molecule has 0 aliphatic rings. The van der Waals surface area contributed by atoms with Gasteiger partial charge >= 0.3 is 5.97 Å². The summed E-state index contributed by atoms with van der Waals surface area (Å²) in [5.41, 5.74) is -1.88. The van der Waals surface area contributed by atoms with Gasteiger partial charge < -0.3 is 70.6 Å². The second kappa shape index (κ2) is 18.9. The number of ether oxygens (including phenoxy) is 3. The molecule has 9 atom stereocenters. The molecule has 11 N–H and O–H groups in total. The summed E-state index contributed by atoms with van der Waals surface area (Å²) in [7, 11) is 0. The number of nitrogens with one attached hydrogen (secondary N) is 1. The lowest BCUT2D eigenvalue weighted by molar-refractivity contribution is -0.151. The van der Waals surface area contributed by atoms with Crippen LogP contribution >= 0.6 is 0 Å². The van der Waals surface area contributed by atoms with Crippen LogP contribution in [-0.4, -0.2) is 163 Å². The molecule has 0 aromatic heterocycles. The van der Waals surface area contributed by atoms with E-state index in [-0.39, 0.29) is 26.1 Å². The van der Waals surface area contributed by atoms with Gasteiger partial charge in [-0.3, -0.25) is 4.79 Å². The lowest BCUT2D eigenvalue weighted by Gasteiger charge is -2.33. The van der Waals surface area contributed by atoms with E-state index in [9.17, 15) is 50.4 Å². The van der Waals surface area contributed by atoms with Gasteiger partial charge in [-0.2, -0.15) is 0 Å². The molecule has 0 fully saturated rings. The van der Waals surface area contributed by atoms with Crippen molar-refractivity contribution in [1.29, 1.82) is 0 Å². The third kappa shape index (κ3) is 16.0. The Morgan fingerprint density at radius 1 is 0.756 bits per heavy atom. The standard InChI is InChI=1S/C25H49NO15/c1-5-25(4,41-13-18(32)22(36)26-8-16(30)20(34)21(35)17(31)9-27)7-15(29)11-40-24(2,3)6-14(28)10-39-12-19(33)23(37)38/h14-21,27-35H,5-13H2,1-4H3,(H,26,36)(H,37,38)/t14?,15?,16-,17+,18?,19?,20+,21+,25?/m0/s1. The van der Waals surface area contributed by atoms with Crippen molar-refractivity contribution in [2.75, 3.05) is 39.6 Å². The van der Waals surface area contributed by atoms with Gasteiger partial charge in [-0.1, -0.05) is 6.92 Å². The molecule has 244 valence electrons. The molecule has 0 rings (SSSR count). The molecule has 0 aliphatic heterocycles. The van der Waals surface area contributed by atoms with Crippen molar-refractivity contribution in [3.8, 4) is 0 Å². The molecular formula is C25H49NO15. The van der Waals surface area contributed by atoms with Crippen LogP contribution in [0.5, 0.6) is 0 Å². The maximum absolute atomic E-state index is 12.2. The van der Waals surface area contributed by atoms with Crippen LogP contribution in [0.2, 0.25) is 0 Å². The zero-order valence-corrected chi connectivity index (χ0v) is 24.0. The summed E-state index contributed by atoms with van der Waals surface area (Å²) in [5, 5.41) is 98.2.